The van der Waals surface area contributed by atoms with Crippen molar-refractivity contribution in [3.8, 4) is 0 Å². The number of rotatable bonds is 3. The molecule has 0 radical (unpaired) electrons. The van der Waals surface area contributed by atoms with Crippen LogP contribution in [0.15, 0.2) is 24.3 Å². The van der Waals surface area contributed by atoms with Gasteiger partial charge in [-0.15, -0.1) is 0 Å². The number of piperidine rings is 1. The number of aromatic nitrogens is 2. The first-order chi connectivity index (χ1) is 11.9. The van der Waals surface area contributed by atoms with Gasteiger partial charge in [-0.25, -0.2) is 9.97 Å². The van der Waals surface area contributed by atoms with Gasteiger partial charge < -0.3 is 10.2 Å². The van der Waals surface area contributed by atoms with E-state index in [2.05, 4.69) is 27.1 Å². The first kappa shape index (κ1) is 18.0. The van der Waals surface area contributed by atoms with E-state index in [1.54, 1.807) is 31.2 Å². The summed E-state index contributed by atoms with van der Waals surface area (Å²) in [6.45, 7) is 5.92. The molecule has 0 aliphatic carbocycles. The number of nitrogens with zero attached hydrogens (tertiary/aromatic N) is 3. The maximum Gasteiger partial charge on any atom is 0.274 e. The predicted octanol–water partition coefficient (Wildman–Crippen LogP) is 4.58. The molecule has 7 heteroatoms. The van der Waals surface area contributed by atoms with Crippen molar-refractivity contribution in [3.63, 3.8) is 0 Å². The number of para-hydroxylation sites is 1. The van der Waals surface area contributed by atoms with Crippen LogP contribution in [0.5, 0.6) is 0 Å². The molecule has 0 bridgehead atoms. The normalized spacial score (nSPS) is 15.3. The first-order valence-electron chi connectivity index (χ1n) is 8.30. The van der Waals surface area contributed by atoms with Crippen LogP contribution in [-0.2, 0) is 0 Å². The van der Waals surface area contributed by atoms with E-state index in [1.807, 2.05) is 0 Å². The van der Waals surface area contributed by atoms with Crippen LogP contribution < -0.4 is 10.2 Å². The largest absolute Gasteiger partial charge is 0.356 e. The molecule has 1 fully saturated rings. The molecule has 5 nitrogen and oxygen atoms in total. The number of anilines is 2. The fraction of sp³-hybridized carbons (Fsp3) is 0.389. The predicted molar refractivity (Wildman–Crippen MR) is 102 cm³/mol. The summed E-state index contributed by atoms with van der Waals surface area (Å²) in [5, 5.41) is 3.52. The molecule has 0 atom stereocenters. The second kappa shape index (κ2) is 7.58. The highest BCUT2D eigenvalue weighted by Crippen LogP contribution is 2.30. The van der Waals surface area contributed by atoms with Crippen LogP contribution in [0.2, 0.25) is 10.0 Å². The quantitative estimate of drug-likeness (QED) is 0.848. The molecule has 2 heterocycles. The highest BCUT2D eigenvalue weighted by molar-refractivity contribution is 6.40. The number of carbonyl (C=O) groups is 1. The Morgan fingerprint density at radius 3 is 2.48 bits per heavy atom. The monoisotopic (exact) mass is 378 g/mol. The van der Waals surface area contributed by atoms with Crippen molar-refractivity contribution < 1.29 is 4.79 Å². The summed E-state index contributed by atoms with van der Waals surface area (Å²) in [7, 11) is 0. The van der Waals surface area contributed by atoms with Crippen molar-refractivity contribution in [1.29, 1.82) is 0 Å². The van der Waals surface area contributed by atoms with E-state index in [9.17, 15) is 4.79 Å². The Morgan fingerprint density at radius 1 is 1.20 bits per heavy atom. The van der Waals surface area contributed by atoms with Crippen molar-refractivity contribution in [3.05, 3.63) is 45.8 Å². The lowest BCUT2D eigenvalue weighted by atomic mass is 9.99. The summed E-state index contributed by atoms with van der Waals surface area (Å²) in [5.41, 5.74) is 0.692. The fourth-order valence-corrected chi connectivity index (χ4v) is 3.35. The van der Waals surface area contributed by atoms with Crippen molar-refractivity contribution in [2.75, 3.05) is 23.3 Å². The molecule has 1 aliphatic rings. The third-order valence-electron chi connectivity index (χ3n) is 4.37. The molecular formula is C18H20Cl2N4O. The number of aryl methyl sites for hydroxylation is 1. The minimum Gasteiger partial charge on any atom is -0.356 e. The number of carbonyl (C=O) groups excluding carboxylic acids is 1. The first-order valence-corrected chi connectivity index (χ1v) is 9.05. The van der Waals surface area contributed by atoms with Gasteiger partial charge in [0.1, 0.15) is 17.3 Å². The van der Waals surface area contributed by atoms with E-state index in [0.717, 1.165) is 37.7 Å². The summed E-state index contributed by atoms with van der Waals surface area (Å²) in [6.07, 6.45) is 2.25. The molecule has 25 heavy (non-hydrogen) atoms. The molecular weight excluding hydrogens is 359 g/mol. The van der Waals surface area contributed by atoms with E-state index >= 15 is 0 Å². The van der Waals surface area contributed by atoms with Crippen LogP contribution in [0.25, 0.3) is 0 Å². The number of nitrogens with one attached hydrogen (secondary N) is 1. The van der Waals surface area contributed by atoms with Gasteiger partial charge in [-0.1, -0.05) is 36.2 Å². The van der Waals surface area contributed by atoms with E-state index in [0.29, 0.717) is 27.3 Å². The maximum atomic E-state index is 12.6. The number of halogens is 2. The highest BCUT2D eigenvalue weighted by atomic mass is 35.5. The zero-order valence-electron chi connectivity index (χ0n) is 14.2. The Morgan fingerprint density at radius 2 is 1.84 bits per heavy atom. The Balaban J connectivity index is 1.83. The lowest BCUT2D eigenvalue weighted by Gasteiger charge is -2.31. The van der Waals surface area contributed by atoms with Gasteiger partial charge in [-0.3, -0.25) is 4.79 Å². The third-order valence-corrected chi connectivity index (χ3v) is 5.00. The SMILES string of the molecule is Cc1nc(C(=O)Nc2c(Cl)cccc2Cl)cc(N2CCC(C)CC2)n1. The summed E-state index contributed by atoms with van der Waals surface area (Å²) in [6, 6.07) is 6.80. The summed E-state index contributed by atoms with van der Waals surface area (Å²) >= 11 is 12.2. The Labute approximate surface area is 157 Å². The maximum absolute atomic E-state index is 12.6. The number of benzene rings is 1. The number of hydrogen-bond acceptors (Lipinski definition) is 4. The van der Waals surface area contributed by atoms with Crippen LogP contribution in [0.3, 0.4) is 0 Å². The second-order valence-electron chi connectivity index (χ2n) is 6.38. The van der Waals surface area contributed by atoms with Gasteiger partial charge in [0.15, 0.2) is 0 Å². The average molecular weight is 379 g/mol. The lowest BCUT2D eigenvalue weighted by molar-refractivity contribution is 0.102. The smallest absolute Gasteiger partial charge is 0.274 e. The zero-order valence-corrected chi connectivity index (χ0v) is 15.7. The van der Waals surface area contributed by atoms with Gasteiger partial charge in [-0.05, 0) is 37.8 Å². The molecule has 1 amide bonds. The molecule has 1 N–H and O–H groups in total. The zero-order chi connectivity index (χ0) is 18.0. The summed E-state index contributed by atoms with van der Waals surface area (Å²) in [5.74, 6) is 1.72. The van der Waals surface area contributed by atoms with Crippen LogP contribution in [0, 0.1) is 12.8 Å². The lowest BCUT2D eigenvalue weighted by Crippen LogP contribution is -2.34. The summed E-state index contributed by atoms with van der Waals surface area (Å²) < 4.78 is 0. The van der Waals surface area contributed by atoms with Crippen LogP contribution >= 0.6 is 23.2 Å². The fourth-order valence-electron chi connectivity index (χ4n) is 2.86. The van der Waals surface area contributed by atoms with Gasteiger partial charge in [0, 0.05) is 19.2 Å². The Kier molecular flexibility index (Phi) is 5.45. The molecule has 2 aromatic rings. The van der Waals surface area contributed by atoms with E-state index in [4.69, 9.17) is 23.2 Å². The third kappa shape index (κ3) is 4.22. The molecule has 0 spiro atoms. The van der Waals surface area contributed by atoms with Crippen LogP contribution in [0.4, 0.5) is 11.5 Å². The van der Waals surface area contributed by atoms with Crippen LogP contribution in [0.1, 0.15) is 36.1 Å². The second-order valence-corrected chi connectivity index (χ2v) is 7.19. The van der Waals surface area contributed by atoms with Gasteiger partial charge in [0.25, 0.3) is 5.91 Å². The number of amides is 1. The standard InChI is InChI=1S/C18H20Cl2N4O/c1-11-6-8-24(9-7-11)16-10-15(21-12(2)22-16)18(25)23-17-13(19)4-3-5-14(17)20/h3-5,10-11H,6-9H2,1-2H3,(H,23,25). The molecule has 0 saturated carbocycles. The molecule has 1 aliphatic heterocycles. The van der Waals surface area contributed by atoms with Gasteiger partial charge >= 0.3 is 0 Å². The van der Waals surface area contributed by atoms with Crippen LogP contribution in [-0.4, -0.2) is 29.0 Å². The van der Waals surface area contributed by atoms with Crippen molar-refractivity contribution in [2.45, 2.75) is 26.7 Å². The Bertz CT molecular complexity index is 768. The summed E-state index contributed by atoms with van der Waals surface area (Å²) in [4.78, 5) is 23.6. The van der Waals surface area contributed by atoms with Crippen molar-refractivity contribution in [2.24, 2.45) is 5.92 Å². The molecule has 1 saturated heterocycles. The minimum absolute atomic E-state index is 0.303. The highest BCUT2D eigenvalue weighted by Gasteiger charge is 2.20. The Hall–Kier alpha value is -1.85. The van der Waals surface area contributed by atoms with Gasteiger partial charge in [-0.2, -0.15) is 0 Å². The van der Waals surface area contributed by atoms with Gasteiger partial charge in [0.2, 0.25) is 0 Å². The topological polar surface area (TPSA) is 58.1 Å². The molecule has 0 unspecified atom stereocenters. The van der Waals surface area contributed by atoms with E-state index in [-0.39, 0.29) is 5.91 Å². The average Bonchev–Trinajstić information content (AvgIpc) is 2.58. The molecule has 1 aromatic carbocycles. The van der Waals surface area contributed by atoms with Gasteiger partial charge in [0.05, 0.1) is 15.7 Å². The van der Waals surface area contributed by atoms with Crippen molar-refractivity contribution in [1.82, 2.24) is 9.97 Å². The molecule has 3 rings (SSSR count). The van der Waals surface area contributed by atoms with E-state index < -0.39 is 0 Å². The molecule has 132 valence electrons. The molecule has 1 aromatic heterocycles. The van der Waals surface area contributed by atoms with Crippen molar-refractivity contribution >= 4 is 40.6 Å². The number of hydrogen-bond donors (Lipinski definition) is 1. The minimum atomic E-state index is -0.355. The van der Waals surface area contributed by atoms with E-state index in [1.165, 1.54) is 0 Å².